The van der Waals surface area contributed by atoms with E-state index >= 15 is 0 Å². The van der Waals surface area contributed by atoms with Gasteiger partial charge in [0.25, 0.3) is 0 Å². The van der Waals surface area contributed by atoms with Crippen molar-refractivity contribution in [1.29, 1.82) is 0 Å². The maximum absolute atomic E-state index is 12.9. The third-order valence-electron chi connectivity index (χ3n) is 4.65. The lowest BCUT2D eigenvalue weighted by molar-refractivity contribution is -0.131. The molecule has 0 spiro atoms. The van der Waals surface area contributed by atoms with Crippen LogP contribution in [0.1, 0.15) is 53.9 Å². The third kappa shape index (κ3) is 2.95. The fourth-order valence-electron chi connectivity index (χ4n) is 3.39. The molecule has 1 amide bonds. The molecule has 2 aromatic rings. The van der Waals surface area contributed by atoms with Crippen molar-refractivity contribution in [3.05, 3.63) is 40.6 Å². The molecule has 0 aromatic carbocycles. The van der Waals surface area contributed by atoms with E-state index in [1.807, 2.05) is 19.1 Å². The largest absolute Gasteiger partial charge is 0.464 e. The van der Waals surface area contributed by atoms with Gasteiger partial charge in [-0.1, -0.05) is 0 Å². The normalized spacial score (nSPS) is 17.9. The highest BCUT2D eigenvalue weighted by atomic mass is 19.3. The number of carbonyl (C=O) groups excluding carboxylic acids is 1. The number of nitrogens with zero attached hydrogens (tertiary/aromatic N) is 3. The lowest BCUT2D eigenvalue weighted by Crippen LogP contribution is -2.32. The molecule has 2 aromatic heterocycles. The van der Waals surface area contributed by atoms with Crippen LogP contribution < -0.4 is 0 Å². The van der Waals surface area contributed by atoms with E-state index in [1.54, 1.807) is 18.7 Å². The minimum Gasteiger partial charge on any atom is -0.464 e. The van der Waals surface area contributed by atoms with Crippen LogP contribution in [0.3, 0.4) is 0 Å². The fourth-order valence-corrected chi connectivity index (χ4v) is 3.39. The Balaban J connectivity index is 1.80. The Labute approximate surface area is 139 Å². The second-order valence-electron chi connectivity index (χ2n) is 6.24. The molecular weight excluding hydrogens is 316 g/mol. The number of furan rings is 1. The molecule has 3 heterocycles. The summed E-state index contributed by atoms with van der Waals surface area (Å²) in [6.45, 7) is 3.07. The van der Waals surface area contributed by atoms with Crippen LogP contribution in [0, 0.1) is 20.8 Å². The van der Waals surface area contributed by atoms with Gasteiger partial charge in [0.15, 0.2) is 0 Å². The predicted molar refractivity (Wildman–Crippen MR) is 83.8 cm³/mol. The molecule has 24 heavy (non-hydrogen) atoms. The summed E-state index contributed by atoms with van der Waals surface area (Å²) >= 11 is 0. The standard InChI is InChI=1S/C17H21F2N3O2/c1-10-6-7-15(24-10)14-5-4-8-21(14)16(23)9-13-11(2)20-22(12(13)3)17(18)19/h6-7,14,17H,4-5,8-9H2,1-3H3/t14-/m0/s1. The molecule has 1 saturated heterocycles. The molecule has 0 bridgehead atoms. The zero-order valence-corrected chi connectivity index (χ0v) is 14.1. The topological polar surface area (TPSA) is 51.3 Å². The van der Waals surface area contributed by atoms with Gasteiger partial charge in [0, 0.05) is 17.8 Å². The molecule has 0 N–H and O–H groups in total. The van der Waals surface area contributed by atoms with Crippen molar-refractivity contribution in [2.45, 2.75) is 52.6 Å². The molecule has 0 aliphatic carbocycles. The smallest absolute Gasteiger partial charge is 0.333 e. The fraction of sp³-hybridized carbons (Fsp3) is 0.529. The molecule has 130 valence electrons. The first-order valence-electron chi connectivity index (χ1n) is 8.07. The van der Waals surface area contributed by atoms with Gasteiger partial charge in [0.05, 0.1) is 18.2 Å². The summed E-state index contributed by atoms with van der Waals surface area (Å²) in [6, 6.07) is 3.71. The van der Waals surface area contributed by atoms with Crippen molar-refractivity contribution in [1.82, 2.24) is 14.7 Å². The first-order chi connectivity index (χ1) is 11.4. The predicted octanol–water partition coefficient (Wildman–Crippen LogP) is 3.70. The van der Waals surface area contributed by atoms with Gasteiger partial charge in [0.1, 0.15) is 11.5 Å². The van der Waals surface area contributed by atoms with E-state index in [9.17, 15) is 13.6 Å². The first kappa shape index (κ1) is 16.7. The number of likely N-dealkylation sites (tertiary alicyclic amines) is 1. The number of amides is 1. The maximum Gasteiger partial charge on any atom is 0.333 e. The average Bonchev–Trinajstić information content (AvgIpc) is 3.21. The number of hydrogen-bond acceptors (Lipinski definition) is 3. The Hall–Kier alpha value is -2.18. The van der Waals surface area contributed by atoms with Gasteiger partial charge in [-0.05, 0) is 45.7 Å². The van der Waals surface area contributed by atoms with Crippen molar-refractivity contribution >= 4 is 5.91 Å². The molecule has 0 unspecified atom stereocenters. The highest BCUT2D eigenvalue weighted by molar-refractivity contribution is 5.80. The van der Waals surface area contributed by atoms with Gasteiger partial charge in [-0.3, -0.25) is 4.79 Å². The van der Waals surface area contributed by atoms with Crippen LogP contribution in [-0.4, -0.2) is 27.1 Å². The summed E-state index contributed by atoms with van der Waals surface area (Å²) in [4.78, 5) is 14.5. The second-order valence-corrected chi connectivity index (χ2v) is 6.24. The number of halogens is 2. The molecule has 0 saturated carbocycles. The molecule has 1 aliphatic heterocycles. The van der Waals surface area contributed by atoms with Gasteiger partial charge in [-0.15, -0.1) is 0 Å². The quantitative estimate of drug-likeness (QED) is 0.855. The number of aryl methyl sites for hydroxylation is 2. The monoisotopic (exact) mass is 337 g/mol. The molecule has 5 nitrogen and oxygen atoms in total. The Morgan fingerprint density at radius 3 is 2.71 bits per heavy atom. The zero-order valence-electron chi connectivity index (χ0n) is 14.1. The van der Waals surface area contributed by atoms with E-state index in [4.69, 9.17) is 4.42 Å². The Morgan fingerprint density at radius 1 is 1.38 bits per heavy atom. The van der Waals surface area contributed by atoms with E-state index in [1.165, 1.54) is 0 Å². The van der Waals surface area contributed by atoms with Crippen LogP contribution >= 0.6 is 0 Å². The van der Waals surface area contributed by atoms with Crippen LogP contribution in [0.2, 0.25) is 0 Å². The van der Waals surface area contributed by atoms with E-state index in [2.05, 4.69) is 5.10 Å². The van der Waals surface area contributed by atoms with E-state index in [0.717, 1.165) is 24.4 Å². The Morgan fingerprint density at radius 2 is 2.12 bits per heavy atom. The van der Waals surface area contributed by atoms with Gasteiger partial charge in [-0.25, -0.2) is 4.68 Å². The summed E-state index contributed by atoms with van der Waals surface area (Å²) in [6.07, 6.45) is 1.85. The van der Waals surface area contributed by atoms with E-state index in [-0.39, 0.29) is 18.4 Å². The molecule has 3 rings (SSSR count). The minimum atomic E-state index is -2.70. The van der Waals surface area contributed by atoms with Crippen LogP contribution in [0.15, 0.2) is 16.5 Å². The molecular formula is C17H21F2N3O2. The number of rotatable bonds is 4. The summed E-state index contributed by atoms with van der Waals surface area (Å²) < 4.78 is 32.2. The molecule has 7 heteroatoms. The SMILES string of the molecule is Cc1ccc([C@@H]2CCCN2C(=O)Cc2c(C)nn(C(F)F)c2C)o1. The van der Waals surface area contributed by atoms with Gasteiger partial charge < -0.3 is 9.32 Å². The number of aromatic nitrogens is 2. The van der Waals surface area contributed by atoms with Crippen LogP contribution in [-0.2, 0) is 11.2 Å². The molecule has 1 aliphatic rings. The maximum atomic E-state index is 12.9. The Kier molecular flexibility index (Phi) is 4.43. The Bertz CT molecular complexity index is 751. The van der Waals surface area contributed by atoms with Gasteiger partial charge >= 0.3 is 6.55 Å². The van der Waals surface area contributed by atoms with Crippen molar-refractivity contribution in [3.8, 4) is 0 Å². The van der Waals surface area contributed by atoms with Crippen molar-refractivity contribution in [2.75, 3.05) is 6.54 Å². The van der Waals surface area contributed by atoms with Crippen molar-refractivity contribution < 1.29 is 18.0 Å². The lowest BCUT2D eigenvalue weighted by Gasteiger charge is -2.23. The van der Waals surface area contributed by atoms with Crippen LogP contribution in [0.5, 0.6) is 0 Å². The van der Waals surface area contributed by atoms with Gasteiger partial charge in [-0.2, -0.15) is 13.9 Å². The van der Waals surface area contributed by atoms with Gasteiger partial charge in [0.2, 0.25) is 5.91 Å². The zero-order chi connectivity index (χ0) is 17.4. The summed E-state index contributed by atoms with van der Waals surface area (Å²) in [5.74, 6) is 1.52. The minimum absolute atomic E-state index is 0.0723. The lowest BCUT2D eigenvalue weighted by atomic mass is 10.1. The highest BCUT2D eigenvalue weighted by Gasteiger charge is 2.33. The summed E-state index contributed by atoms with van der Waals surface area (Å²) in [5.41, 5.74) is 1.41. The third-order valence-corrected chi connectivity index (χ3v) is 4.65. The van der Waals surface area contributed by atoms with E-state index in [0.29, 0.717) is 28.2 Å². The second kappa shape index (κ2) is 6.37. The molecule has 0 radical (unpaired) electrons. The highest BCUT2D eigenvalue weighted by Crippen LogP contribution is 2.33. The number of alkyl halides is 2. The molecule has 1 atom stereocenters. The number of hydrogen-bond donors (Lipinski definition) is 0. The van der Waals surface area contributed by atoms with Crippen molar-refractivity contribution in [3.63, 3.8) is 0 Å². The van der Waals surface area contributed by atoms with Crippen LogP contribution in [0.4, 0.5) is 8.78 Å². The van der Waals surface area contributed by atoms with Crippen molar-refractivity contribution in [2.24, 2.45) is 0 Å². The first-order valence-corrected chi connectivity index (χ1v) is 8.07. The van der Waals surface area contributed by atoms with Crippen LogP contribution in [0.25, 0.3) is 0 Å². The number of carbonyl (C=O) groups is 1. The average molecular weight is 337 g/mol. The van der Waals surface area contributed by atoms with E-state index < -0.39 is 6.55 Å². The summed E-state index contributed by atoms with van der Waals surface area (Å²) in [5, 5.41) is 3.85. The summed E-state index contributed by atoms with van der Waals surface area (Å²) in [7, 11) is 0. The molecule has 1 fully saturated rings.